The normalized spacial score (nSPS) is 11.1. The third kappa shape index (κ3) is 5.88. The smallest absolute Gasteiger partial charge is 0.264 e. The minimum Gasteiger partial charge on any atom is -0.492 e. The lowest BCUT2D eigenvalue weighted by molar-refractivity contribution is -0.119. The highest BCUT2D eigenvalue weighted by Gasteiger charge is 2.27. The van der Waals surface area contributed by atoms with E-state index in [0.717, 1.165) is 21.0 Å². The van der Waals surface area contributed by atoms with Crippen LogP contribution in [0.25, 0.3) is 0 Å². The summed E-state index contributed by atoms with van der Waals surface area (Å²) in [7, 11) is -3.92. The Morgan fingerprint density at radius 1 is 0.906 bits per heavy atom. The standard InChI is InChI=1S/C25H28N2O4S/c1-19-9-13-23(14-10-19)31-16-15-26-25(28)18-27(22-12-11-20(2)21(3)17-22)32(29,30)24-7-5-4-6-8-24/h4-14,17H,15-16,18H2,1-3H3,(H,26,28). The van der Waals surface area contributed by atoms with Gasteiger partial charge in [0.1, 0.15) is 18.9 Å². The number of anilines is 1. The SMILES string of the molecule is Cc1ccc(OCCNC(=O)CN(c2ccc(C)c(C)c2)S(=O)(=O)c2ccccc2)cc1. The number of aryl methyl sites for hydroxylation is 3. The summed E-state index contributed by atoms with van der Waals surface area (Å²) in [5.74, 6) is 0.309. The van der Waals surface area contributed by atoms with E-state index < -0.39 is 15.9 Å². The average molecular weight is 453 g/mol. The number of rotatable bonds is 9. The summed E-state index contributed by atoms with van der Waals surface area (Å²) >= 11 is 0. The lowest BCUT2D eigenvalue weighted by atomic mass is 10.1. The van der Waals surface area contributed by atoms with Crippen LogP contribution in [0.15, 0.2) is 77.7 Å². The molecule has 0 fully saturated rings. The zero-order valence-electron chi connectivity index (χ0n) is 18.5. The molecule has 32 heavy (non-hydrogen) atoms. The molecule has 6 nitrogen and oxygen atoms in total. The van der Waals surface area contributed by atoms with E-state index in [1.807, 2.05) is 51.1 Å². The van der Waals surface area contributed by atoms with Gasteiger partial charge in [0.25, 0.3) is 10.0 Å². The quantitative estimate of drug-likeness (QED) is 0.498. The Morgan fingerprint density at radius 2 is 1.59 bits per heavy atom. The Labute approximate surface area is 189 Å². The van der Waals surface area contributed by atoms with Gasteiger partial charge in [-0.25, -0.2) is 8.42 Å². The molecule has 0 aromatic heterocycles. The van der Waals surface area contributed by atoms with E-state index in [1.54, 1.807) is 30.3 Å². The van der Waals surface area contributed by atoms with Crippen LogP contribution in [0.2, 0.25) is 0 Å². The van der Waals surface area contributed by atoms with Crippen molar-refractivity contribution in [1.82, 2.24) is 5.32 Å². The second kappa shape index (κ2) is 10.3. The highest BCUT2D eigenvalue weighted by atomic mass is 32.2. The van der Waals surface area contributed by atoms with Gasteiger partial charge in [0.2, 0.25) is 5.91 Å². The monoisotopic (exact) mass is 452 g/mol. The summed E-state index contributed by atoms with van der Waals surface area (Å²) in [6, 6.07) is 21.1. The molecule has 3 aromatic carbocycles. The number of nitrogens with zero attached hydrogens (tertiary/aromatic N) is 1. The molecule has 0 aliphatic heterocycles. The van der Waals surface area contributed by atoms with Crippen molar-refractivity contribution in [3.8, 4) is 5.75 Å². The van der Waals surface area contributed by atoms with Crippen LogP contribution in [0.5, 0.6) is 5.75 Å². The van der Waals surface area contributed by atoms with Crippen molar-refractivity contribution in [3.63, 3.8) is 0 Å². The molecular formula is C25H28N2O4S. The van der Waals surface area contributed by atoms with Crippen LogP contribution in [-0.4, -0.2) is 34.0 Å². The van der Waals surface area contributed by atoms with Gasteiger partial charge in [-0.05, 0) is 68.3 Å². The second-order valence-electron chi connectivity index (χ2n) is 7.60. The topological polar surface area (TPSA) is 75.7 Å². The predicted molar refractivity (Wildman–Crippen MR) is 127 cm³/mol. The molecule has 0 saturated carbocycles. The van der Waals surface area contributed by atoms with E-state index in [4.69, 9.17) is 4.74 Å². The van der Waals surface area contributed by atoms with E-state index >= 15 is 0 Å². The first-order valence-corrected chi connectivity index (χ1v) is 11.8. The Bertz CT molecular complexity index is 1160. The van der Waals surface area contributed by atoms with E-state index in [-0.39, 0.29) is 24.6 Å². The van der Waals surface area contributed by atoms with Crippen LogP contribution in [-0.2, 0) is 14.8 Å². The molecular weight excluding hydrogens is 424 g/mol. The van der Waals surface area contributed by atoms with Crippen molar-refractivity contribution in [1.29, 1.82) is 0 Å². The number of carbonyl (C=O) groups excluding carboxylic acids is 1. The summed E-state index contributed by atoms with van der Waals surface area (Å²) < 4.78 is 33.4. The Hall–Kier alpha value is -3.32. The van der Waals surface area contributed by atoms with Gasteiger partial charge >= 0.3 is 0 Å². The minimum atomic E-state index is -3.92. The third-order valence-electron chi connectivity index (χ3n) is 5.11. The highest BCUT2D eigenvalue weighted by Crippen LogP contribution is 2.25. The van der Waals surface area contributed by atoms with Crippen LogP contribution in [0, 0.1) is 20.8 Å². The number of hydrogen-bond acceptors (Lipinski definition) is 4. The molecule has 0 heterocycles. The number of carbonyl (C=O) groups is 1. The van der Waals surface area contributed by atoms with Gasteiger partial charge in [-0.3, -0.25) is 9.10 Å². The van der Waals surface area contributed by atoms with Gasteiger partial charge < -0.3 is 10.1 Å². The fourth-order valence-electron chi connectivity index (χ4n) is 3.10. The minimum absolute atomic E-state index is 0.133. The molecule has 0 spiro atoms. The van der Waals surface area contributed by atoms with Crippen molar-refractivity contribution in [2.24, 2.45) is 0 Å². The lowest BCUT2D eigenvalue weighted by Crippen LogP contribution is -2.42. The first-order chi connectivity index (χ1) is 15.3. The first-order valence-electron chi connectivity index (χ1n) is 10.4. The molecule has 0 aliphatic rings. The second-order valence-corrected chi connectivity index (χ2v) is 9.47. The molecule has 1 N–H and O–H groups in total. The first kappa shape index (κ1) is 23.3. The number of benzene rings is 3. The summed E-state index contributed by atoms with van der Waals surface area (Å²) in [5, 5.41) is 2.74. The van der Waals surface area contributed by atoms with Crippen molar-refractivity contribution < 1.29 is 17.9 Å². The summed E-state index contributed by atoms with van der Waals surface area (Å²) in [6.45, 7) is 6.08. The number of ether oxygens (including phenoxy) is 1. The number of sulfonamides is 1. The molecule has 0 atom stereocenters. The van der Waals surface area contributed by atoms with Crippen molar-refractivity contribution in [2.75, 3.05) is 24.0 Å². The molecule has 7 heteroatoms. The highest BCUT2D eigenvalue weighted by molar-refractivity contribution is 7.92. The summed E-state index contributed by atoms with van der Waals surface area (Å²) in [5.41, 5.74) is 3.57. The molecule has 168 valence electrons. The van der Waals surface area contributed by atoms with Crippen LogP contribution in [0.1, 0.15) is 16.7 Å². The molecule has 0 unspecified atom stereocenters. The van der Waals surface area contributed by atoms with Crippen molar-refractivity contribution in [3.05, 3.63) is 89.5 Å². The number of hydrogen-bond donors (Lipinski definition) is 1. The van der Waals surface area contributed by atoms with E-state index in [0.29, 0.717) is 11.4 Å². The van der Waals surface area contributed by atoms with E-state index in [9.17, 15) is 13.2 Å². The fourth-order valence-corrected chi connectivity index (χ4v) is 4.53. The van der Waals surface area contributed by atoms with E-state index in [1.165, 1.54) is 12.1 Å². The average Bonchev–Trinajstić information content (AvgIpc) is 2.79. The molecule has 0 aliphatic carbocycles. The van der Waals surface area contributed by atoms with Gasteiger partial charge in [-0.2, -0.15) is 0 Å². The maximum Gasteiger partial charge on any atom is 0.264 e. The van der Waals surface area contributed by atoms with Crippen LogP contribution >= 0.6 is 0 Å². The fraction of sp³-hybridized carbons (Fsp3) is 0.240. The Balaban J connectivity index is 1.71. The van der Waals surface area contributed by atoms with Gasteiger partial charge in [0.15, 0.2) is 0 Å². The molecule has 3 aromatic rings. The summed E-state index contributed by atoms with van der Waals surface area (Å²) in [4.78, 5) is 12.8. The zero-order chi connectivity index (χ0) is 23.1. The predicted octanol–water partition coefficient (Wildman–Crippen LogP) is 4.00. The Kier molecular flexibility index (Phi) is 7.53. The van der Waals surface area contributed by atoms with Crippen LogP contribution in [0.4, 0.5) is 5.69 Å². The van der Waals surface area contributed by atoms with Crippen LogP contribution < -0.4 is 14.4 Å². The number of nitrogens with one attached hydrogen (secondary N) is 1. The molecule has 0 saturated heterocycles. The maximum atomic E-state index is 13.3. The zero-order valence-corrected chi connectivity index (χ0v) is 19.4. The molecule has 0 bridgehead atoms. The largest absolute Gasteiger partial charge is 0.492 e. The lowest BCUT2D eigenvalue weighted by Gasteiger charge is -2.25. The van der Waals surface area contributed by atoms with Crippen LogP contribution in [0.3, 0.4) is 0 Å². The van der Waals surface area contributed by atoms with Gasteiger partial charge in [0, 0.05) is 0 Å². The molecule has 1 amide bonds. The Morgan fingerprint density at radius 3 is 2.25 bits per heavy atom. The molecule has 3 rings (SSSR count). The maximum absolute atomic E-state index is 13.3. The van der Waals surface area contributed by atoms with Gasteiger partial charge in [-0.1, -0.05) is 42.0 Å². The van der Waals surface area contributed by atoms with Gasteiger partial charge in [-0.15, -0.1) is 0 Å². The number of amides is 1. The molecule has 0 radical (unpaired) electrons. The van der Waals surface area contributed by atoms with Crippen molar-refractivity contribution >= 4 is 21.6 Å². The van der Waals surface area contributed by atoms with Gasteiger partial charge in [0.05, 0.1) is 17.1 Å². The summed E-state index contributed by atoms with van der Waals surface area (Å²) in [6.07, 6.45) is 0. The van der Waals surface area contributed by atoms with Crippen molar-refractivity contribution in [2.45, 2.75) is 25.7 Å². The van der Waals surface area contributed by atoms with E-state index in [2.05, 4.69) is 5.32 Å². The third-order valence-corrected chi connectivity index (χ3v) is 6.90.